The lowest BCUT2D eigenvalue weighted by Crippen LogP contribution is -2.45. The zero-order chi connectivity index (χ0) is 14.7. The molecule has 1 fully saturated rings. The van der Waals surface area contributed by atoms with Crippen LogP contribution in [0.1, 0.15) is 35.2 Å². The molecule has 1 heterocycles. The van der Waals surface area contributed by atoms with E-state index in [2.05, 4.69) is 0 Å². The van der Waals surface area contributed by atoms with Crippen LogP contribution in [-0.4, -0.2) is 40.0 Å². The first-order valence-corrected chi connectivity index (χ1v) is 6.72. The number of aliphatic hydroxyl groups excluding tert-OH is 1. The summed E-state index contributed by atoms with van der Waals surface area (Å²) in [5.74, 6) is -0.362. The lowest BCUT2D eigenvalue weighted by molar-refractivity contribution is -0.385. The van der Waals surface area contributed by atoms with E-state index in [9.17, 15) is 20.0 Å². The standard InChI is InChI=1S/C14H18N2O4/c1-10-5-4-7-12(13(10)16(19)20)14(18)15-8-3-2-6-11(15)9-17/h4-5,7,11,17H,2-3,6,8-9H2,1H3. The second kappa shape index (κ2) is 6.00. The van der Waals surface area contributed by atoms with Crippen LogP contribution in [0.2, 0.25) is 0 Å². The Morgan fingerprint density at radius 2 is 2.25 bits per heavy atom. The second-order valence-corrected chi connectivity index (χ2v) is 5.06. The van der Waals surface area contributed by atoms with Crippen molar-refractivity contribution in [3.63, 3.8) is 0 Å². The Morgan fingerprint density at radius 1 is 1.50 bits per heavy atom. The molecule has 1 unspecified atom stereocenters. The second-order valence-electron chi connectivity index (χ2n) is 5.06. The molecule has 1 aliphatic heterocycles. The van der Waals surface area contributed by atoms with E-state index in [1.807, 2.05) is 0 Å². The summed E-state index contributed by atoms with van der Waals surface area (Å²) in [6, 6.07) is 4.51. The van der Waals surface area contributed by atoms with E-state index in [1.165, 1.54) is 6.07 Å². The molecule has 108 valence electrons. The Balaban J connectivity index is 2.38. The SMILES string of the molecule is Cc1cccc(C(=O)N2CCCCC2CO)c1[N+](=O)[O-]. The number of hydrogen-bond acceptors (Lipinski definition) is 4. The van der Waals surface area contributed by atoms with E-state index in [-0.39, 0.29) is 29.8 Å². The van der Waals surface area contributed by atoms with Crippen LogP contribution < -0.4 is 0 Å². The average Bonchev–Trinajstić information content (AvgIpc) is 2.45. The van der Waals surface area contributed by atoms with Gasteiger partial charge in [0.05, 0.1) is 17.6 Å². The van der Waals surface area contributed by atoms with Crippen LogP contribution in [0.5, 0.6) is 0 Å². The van der Waals surface area contributed by atoms with Crippen molar-refractivity contribution in [1.29, 1.82) is 0 Å². The summed E-state index contributed by atoms with van der Waals surface area (Å²) in [5.41, 5.74) is 0.438. The van der Waals surface area contributed by atoms with E-state index >= 15 is 0 Å². The number of carbonyl (C=O) groups is 1. The molecule has 0 saturated carbocycles. The van der Waals surface area contributed by atoms with Gasteiger partial charge in [-0.15, -0.1) is 0 Å². The number of aliphatic hydroxyl groups is 1. The van der Waals surface area contributed by atoms with Crippen LogP contribution in [0.15, 0.2) is 18.2 Å². The van der Waals surface area contributed by atoms with Gasteiger partial charge in [0.1, 0.15) is 5.56 Å². The first-order chi connectivity index (χ1) is 9.56. The summed E-state index contributed by atoms with van der Waals surface area (Å²) in [4.78, 5) is 24.8. The van der Waals surface area contributed by atoms with Gasteiger partial charge in [-0.2, -0.15) is 0 Å². The molecule has 1 aromatic carbocycles. The number of carbonyl (C=O) groups excluding carboxylic acids is 1. The van der Waals surface area contributed by atoms with Gasteiger partial charge in [0.25, 0.3) is 11.6 Å². The molecule has 0 aromatic heterocycles. The number of amides is 1. The molecule has 1 atom stereocenters. The molecular weight excluding hydrogens is 260 g/mol. The summed E-state index contributed by atoms with van der Waals surface area (Å²) in [7, 11) is 0. The fourth-order valence-corrected chi connectivity index (χ4v) is 2.69. The molecule has 0 bridgehead atoms. The molecule has 1 N–H and O–H groups in total. The van der Waals surface area contributed by atoms with Crippen molar-refractivity contribution >= 4 is 11.6 Å². The van der Waals surface area contributed by atoms with Gasteiger partial charge >= 0.3 is 0 Å². The fraction of sp³-hybridized carbons (Fsp3) is 0.500. The molecule has 0 aliphatic carbocycles. The maximum Gasteiger partial charge on any atom is 0.285 e. The number of nitro groups is 1. The Hall–Kier alpha value is -1.95. The third kappa shape index (κ3) is 2.65. The molecule has 1 aromatic rings. The topological polar surface area (TPSA) is 83.7 Å². The van der Waals surface area contributed by atoms with Crippen molar-refractivity contribution in [3.05, 3.63) is 39.4 Å². The number of aryl methyl sites for hydroxylation is 1. The third-order valence-electron chi connectivity index (χ3n) is 3.75. The number of para-hydroxylation sites is 1. The number of hydrogen-bond donors (Lipinski definition) is 1. The Labute approximate surface area is 117 Å². The van der Waals surface area contributed by atoms with Gasteiger partial charge in [0, 0.05) is 12.1 Å². The zero-order valence-corrected chi connectivity index (χ0v) is 11.4. The molecule has 2 rings (SSSR count). The minimum Gasteiger partial charge on any atom is -0.394 e. The summed E-state index contributed by atoms with van der Waals surface area (Å²) < 4.78 is 0. The van der Waals surface area contributed by atoms with Gasteiger partial charge in [0.2, 0.25) is 0 Å². The molecule has 6 heteroatoms. The van der Waals surface area contributed by atoms with Crippen molar-refractivity contribution in [2.24, 2.45) is 0 Å². The molecule has 0 spiro atoms. The number of benzene rings is 1. The maximum atomic E-state index is 12.6. The van der Waals surface area contributed by atoms with Gasteiger partial charge in [-0.3, -0.25) is 14.9 Å². The summed E-state index contributed by atoms with van der Waals surface area (Å²) in [6.07, 6.45) is 2.56. The number of nitrogens with zero attached hydrogens (tertiary/aromatic N) is 2. The van der Waals surface area contributed by atoms with Crippen LogP contribution >= 0.6 is 0 Å². The minimum absolute atomic E-state index is 0.106. The van der Waals surface area contributed by atoms with E-state index in [4.69, 9.17) is 0 Å². The molecule has 6 nitrogen and oxygen atoms in total. The lowest BCUT2D eigenvalue weighted by Gasteiger charge is -2.34. The van der Waals surface area contributed by atoms with Crippen molar-refractivity contribution in [2.75, 3.05) is 13.2 Å². The largest absolute Gasteiger partial charge is 0.394 e. The van der Waals surface area contributed by atoms with Crippen LogP contribution in [0, 0.1) is 17.0 Å². The molecule has 0 radical (unpaired) electrons. The summed E-state index contributed by atoms with van der Waals surface area (Å²) in [6.45, 7) is 2.05. The average molecular weight is 278 g/mol. The molecular formula is C14H18N2O4. The van der Waals surface area contributed by atoms with Crippen LogP contribution in [0.4, 0.5) is 5.69 Å². The quantitative estimate of drug-likeness (QED) is 0.676. The monoisotopic (exact) mass is 278 g/mol. The first-order valence-electron chi connectivity index (χ1n) is 6.72. The van der Waals surface area contributed by atoms with Crippen molar-refractivity contribution in [1.82, 2.24) is 4.90 Å². The Bertz CT molecular complexity index is 530. The van der Waals surface area contributed by atoms with Gasteiger partial charge < -0.3 is 10.0 Å². The number of nitro benzene ring substituents is 1. The van der Waals surface area contributed by atoms with Gasteiger partial charge in [-0.1, -0.05) is 12.1 Å². The highest BCUT2D eigenvalue weighted by Gasteiger charge is 2.31. The highest BCUT2D eigenvalue weighted by atomic mass is 16.6. The van der Waals surface area contributed by atoms with Crippen molar-refractivity contribution < 1.29 is 14.8 Å². The van der Waals surface area contributed by atoms with Crippen LogP contribution in [0.3, 0.4) is 0 Å². The fourth-order valence-electron chi connectivity index (χ4n) is 2.69. The van der Waals surface area contributed by atoms with Gasteiger partial charge in [-0.05, 0) is 32.3 Å². The highest BCUT2D eigenvalue weighted by Crippen LogP contribution is 2.27. The van der Waals surface area contributed by atoms with E-state index in [1.54, 1.807) is 24.0 Å². The van der Waals surface area contributed by atoms with Crippen LogP contribution in [0.25, 0.3) is 0 Å². The van der Waals surface area contributed by atoms with Gasteiger partial charge in [-0.25, -0.2) is 0 Å². The van der Waals surface area contributed by atoms with E-state index in [0.29, 0.717) is 12.1 Å². The number of likely N-dealkylation sites (tertiary alicyclic amines) is 1. The smallest absolute Gasteiger partial charge is 0.285 e. The highest BCUT2D eigenvalue weighted by molar-refractivity contribution is 5.98. The van der Waals surface area contributed by atoms with Crippen molar-refractivity contribution in [2.45, 2.75) is 32.2 Å². The summed E-state index contributed by atoms with van der Waals surface area (Å²) >= 11 is 0. The van der Waals surface area contributed by atoms with E-state index < -0.39 is 4.92 Å². The minimum atomic E-state index is -0.513. The molecule has 1 aliphatic rings. The lowest BCUT2D eigenvalue weighted by atomic mass is 10.00. The van der Waals surface area contributed by atoms with Crippen molar-refractivity contribution in [3.8, 4) is 0 Å². The Kier molecular flexibility index (Phi) is 4.34. The summed E-state index contributed by atoms with van der Waals surface area (Å²) in [5, 5.41) is 20.5. The normalized spacial score (nSPS) is 18.9. The van der Waals surface area contributed by atoms with E-state index in [0.717, 1.165) is 19.3 Å². The third-order valence-corrected chi connectivity index (χ3v) is 3.75. The Morgan fingerprint density at radius 3 is 2.90 bits per heavy atom. The predicted molar refractivity (Wildman–Crippen MR) is 73.6 cm³/mol. The molecule has 1 saturated heterocycles. The maximum absolute atomic E-state index is 12.6. The van der Waals surface area contributed by atoms with Gasteiger partial charge in [0.15, 0.2) is 0 Å². The zero-order valence-electron chi connectivity index (χ0n) is 11.4. The van der Waals surface area contributed by atoms with Crippen LogP contribution in [-0.2, 0) is 0 Å². The molecule has 20 heavy (non-hydrogen) atoms. The predicted octanol–water partition coefficient (Wildman–Crippen LogP) is 1.89. The number of piperidine rings is 1. The number of rotatable bonds is 3. The molecule has 1 amide bonds. The first kappa shape index (κ1) is 14.5.